The second kappa shape index (κ2) is 7.11. The van der Waals surface area contributed by atoms with Gasteiger partial charge in [-0.3, -0.25) is 4.79 Å². The van der Waals surface area contributed by atoms with Crippen LogP contribution in [0.4, 0.5) is 4.39 Å². The average Bonchev–Trinajstić information content (AvgIpc) is 3.28. The van der Waals surface area contributed by atoms with Crippen molar-refractivity contribution < 1.29 is 13.9 Å². The van der Waals surface area contributed by atoms with Gasteiger partial charge in [-0.1, -0.05) is 18.7 Å². The summed E-state index contributed by atoms with van der Waals surface area (Å²) in [6.45, 7) is 9.17. The van der Waals surface area contributed by atoms with Gasteiger partial charge in [0, 0.05) is 29.8 Å². The van der Waals surface area contributed by atoms with Gasteiger partial charge in [0.15, 0.2) is 0 Å². The van der Waals surface area contributed by atoms with Crippen molar-refractivity contribution in [3.63, 3.8) is 0 Å². The lowest BCUT2D eigenvalue weighted by atomic mass is 10.0. The maximum Gasteiger partial charge on any atom is 0.253 e. The molecule has 0 radical (unpaired) electrons. The molecule has 0 spiro atoms. The minimum absolute atomic E-state index is 0.0415. The summed E-state index contributed by atoms with van der Waals surface area (Å²) in [7, 11) is 0. The molecule has 3 rings (SSSR count). The molecule has 2 aliphatic rings. The van der Waals surface area contributed by atoms with Crippen molar-refractivity contribution >= 4 is 5.91 Å². The lowest BCUT2D eigenvalue weighted by molar-refractivity contribution is -0.141. The number of hydrogen-bond acceptors (Lipinski definition) is 4. The third kappa shape index (κ3) is 4.25. The van der Waals surface area contributed by atoms with Crippen LogP contribution in [0.5, 0.6) is 0 Å². The summed E-state index contributed by atoms with van der Waals surface area (Å²) < 4.78 is 18.9. The number of rotatable bonds is 7. The van der Waals surface area contributed by atoms with Gasteiger partial charge in [0.2, 0.25) is 0 Å². The van der Waals surface area contributed by atoms with Crippen LogP contribution < -0.4 is 11.1 Å². The van der Waals surface area contributed by atoms with Gasteiger partial charge in [-0.05, 0) is 44.4 Å². The van der Waals surface area contributed by atoms with Gasteiger partial charge in [-0.15, -0.1) is 0 Å². The topological polar surface area (TPSA) is 67.6 Å². The van der Waals surface area contributed by atoms with Gasteiger partial charge in [-0.25, -0.2) is 4.39 Å². The van der Waals surface area contributed by atoms with E-state index < -0.39 is 0 Å². The fraction of sp³-hybridized carbons (Fsp3) is 0.450. The van der Waals surface area contributed by atoms with Gasteiger partial charge < -0.3 is 20.7 Å². The largest absolute Gasteiger partial charge is 0.385 e. The van der Waals surface area contributed by atoms with Crippen molar-refractivity contribution in [3.05, 3.63) is 59.2 Å². The zero-order valence-electron chi connectivity index (χ0n) is 15.3. The van der Waals surface area contributed by atoms with Gasteiger partial charge in [0.25, 0.3) is 5.91 Å². The van der Waals surface area contributed by atoms with Crippen LogP contribution in [0.2, 0.25) is 0 Å². The van der Waals surface area contributed by atoms with Crippen molar-refractivity contribution in [1.29, 1.82) is 0 Å². The minimum atomic E-state index is -0.277. The Kier molecular flexibility index (Phi) is 5.05. The average molecular weight is 359 g/mol. The van der Waals surface area contributed by atoms with Crippen molar-refractivity contribution in [2.45, 2.75) is 44.9 Å². The van der Waals surface area contributed by atoms with E-state index >= 15 is 0 Å². The second-order valence-corrected chi connectivity index (χ2v) is 7.48. The Bertz CT molecular complexity index is 749. The zero-order valence-corrected chi connectivity index (χ0v) is 15.3. The number of carbonyl (C=O) groups excluding carboxylic acids is 1. The number of halogens is 1. The van der Waals surface area contributed by atoms with Crippen molar-refractivity contribution in [2.75, 3.05) is 13.1 Å². The van der Waals surface area contributed by atoms with Crippen molar-refractivity contribution in [3.8, 4) is 0 Å². The molecule has 1 aliphatic carbocycles. The number of likely N-dealkylation sites (tertiary alicyclic amines) is 1. The number of hydrogen-bond donors (Lipinski definition) is 2. The molecule has 1 saturated heterocycles. The van der Waals surface area contributed by atoms with Gasteiger partial charge in [0.05, 0.1) is 12.7 Å². The molecule has 140 valence electrons. The maximum absolute atomic E-state index is 13.2. The Balaban J connectivity index is 1.46. The number of ether oxygens (including phenoxy) is 1. The first-order valence-corrected chi connectivity index (χ1v) is 8.86. The summed E-state index contributed by atoms with van der Waals surface area (Å²) in [4.78, 5) is 14.2. The standard InChI is InChI=1S/C20H26FN3O2/c1-13(18(22)23-20(3)7-8-20)14(2)19(25)24-10-17(11-24)26-12-15-5-4-6-16(21)9-15/h4-6,9,17,23H,2,7-8,10-12,22H2,1,3H3/b18-13-. The Labute approximate surface area is 153 Å². The second-order valence-electron chi connectivity index (χ2n) is 7.48. The molecular formula is C20H26FN3O2. The molecule has 0 unspecified atom stereocenters. The fourth-order valence-corrected chi connectivity index (χ4v) is 2.80. The van der Waals surface area contributed by atoms with Crippen LogP contribution in [0.25, 0.3) is 0 Å². The first-order valence-electron chi connectivity index (χ1n) is 8.86. The number of benzene rings is 1. The lowest BCUT2D eigenvalue weighted by Crippen LogP contribution is -2.55. The Morgan fingerprint density at radius 3 is 2.77 bits per heavy atom. The van der Waals surface area contributed by atoms with Crippen LogP contribution in [0.15, 0.2) is 47.8 Å². The van der Waals surface area contributed by atoms with E-state index in [9.17, 15) is 9.18 Å². The van der Waals surface area contributed by atoms with E-state index in [1.54, 1.807) is 11.0 Å². The van der Waals surface area contributed by atoms with Crippen LogP contribution in [0.1, 0.15) is 32.3 Å². The van der Waals surface area contributed by atoms with Crippen LogP contribution in [-0.4, -0.2) is 35.5 Å². The minimum Gasteiger partial charge on any atom is -0.385 e. The van der Waals surface area contributed by atoms with Crippen LogP contribution in [0.3, 0.4) is 0 Å². The highest BCUT2D eigenvalue weighted by molar-refractivity contribution is 5.97. The number of nitrogens with zero attached hydrogens (tertiary/aromatic N) is 1. The molecule has 3 N–H and O–H groups in total. The molecule has 6 heteroatoms. The fourth-order valence-electron chi connectivity index (χ4n) is 2.80. The summed E-state index contributed by atoms with van der Waals surface area (Å²) in [5.41, 5.74) is 8.01. The number of nitrogens with two attached hydrogens (primary N) is 1. The Morgan fingerprint density at radius 1 is 1.46 bits per heavy atom. The summed E-state index contributed by atoms with van der Waals surface area (Å²) in [5.74, 6) is 0.114. The van der Waals surface area contributed by atoms with E-state index in [1.165, 1.54) is 12.1 Å². The molecular weight excluding hydrogens is 333 g/mol. The van der Waals surface area contributed by atoms with E-state index in [1.807, 2.05) is 13.0 Å². The summed E-state index contributed by atoms with van der Waals surface area (Å²) >= 11 is 0. The number of nitrogens with one attached hydrogen (secondary N) is 1. The van der Waals surface area contributed by atoms with Crippen molar-refractivity contribution in [1.82, 2.24) is 10.2 Å². The smallest absolute Gasteiger partial charge is 0.253 e. The van der Waals surface area contributed by atoms with Gasteiger partial charge in [-0.2, -0.15) is 0 Å². The van der Waals surface area contributed by atoms with Crippen LogP contribution >= 0.6 is 0 Å². The van der Waals surface area contributed by atoms with Gasteiger partial charge >= 0.3 is 0 Å². The van der Waals surface area contributed by atoms with Crippen molar-refractivity contribution in [2.24, 2.45) is 5.73 Å². The summed E-state index contributed by atoms with van der Waals surface area (Å²) in [5, 5.41) is 3.26. The SMILES string of the molecule is C=C(C(=O)N1CC(OCc2cccc(F)c2)C1)/C(C)=C(/N)NC1(C)CC1. The summed E-state index contributed by atoms with van der Waals surface area (Å²) in [6, 6.07) is 6.33. The Hall–Kier alpha value is -2.34. The lowest BCUT2D eigenvalue weighted by Gasteiger charge is -2.39. The quantitative estimate of drug-likeness (QED) is 0.580. The highest BCUT2D eigenvalue weighted by Crippen LogP contribution is 2.35. The molecule has 1 aromatic carbocycles. The molecule has 1 aliphatic heterocycles. The first kappa shape index (κ1) is 18.5. The van der Waals surface area contributed by atoms with E-state index in [2.05, 4.69) is 18.8 Å². The molecule has 26 heavy (non-hydrogen) atoms. The molecule has 5 nitrogen and oxygen atoms in total. The molecule has 0 aromatic heterocycles. The summed E-state index contributed by atoms with van der Waals surface area (Å²) in [6.07, 6.45) is 2.12. The van der Waals surface area contributed by atoms with E-state index in [0.717, 1.165) is 18.4 Å². The van der Waals surface area contributed by atoms with Crippen LogP contribution in [-0.2, 0) is 16.1 Å². The predicted molar refractivity (Wildman–Crippen MR) is 98.4 cm³/mol. The van der Waals surface area contributed by atoms with Gasteiger partial charge in [0.1, 0.15) is 11.6 Å². The molecule has 1 aromatic rings. The highest BCUT2D eigenvalue weighted by atomic mass is 19.1. The monoisotopic (exact) mass is 359 g/mol. The van der Waals surface area contributed by atoms with E-state index in [-0.39, 0.29) is 23.4 Å². The van der Waals surface area contributed by atoms with E-state index in [0.29, 0.717) is 36.7 Å². The number of amides is 1. The third-order valence-electron chi connectivity index (χ3n) is 5.06. The third-order valence-corrected chi connectivity index (χ3v) is 5.06. The maximum atomic E-state index is 13.2. The van der Waals surface area contributed by atoms with Crippen LogP contribution in [0, 0.1) is 5.82 Å². The first-order chi connectivity index (χ1) is 12.3. The normalized spacial score (nSPS) is 19.4. The molecule has 0 atom stereocenters. The molecule has 2 fully saturated rings. The number of carbonyl (C=O) groups is 1. The van der Waals surface area contributed by atoms with E-state index in [4.69, 9.17) is 10.5 Å². The zero-order chi connectivity index (χ0) is 18.9. The molecule has 1 heterocycles. The molecule has 1 amide bonds. The Morgan fingerprint density at radius 2 is 2.15 bits per heavy atom. The predicted octanol–water partition coefficient (Wildman–Crippen LogP) is 2.44. The highest BCUT2D eigenvalue weighted by Gasteiger charge is 2.38. The molecule has 0 bridgehead atoms. The molecule has 1 saturated carbocycles.